The minimum absolute atomic E-state index is 0.604. The van der Waals surface area contributed by atoms with Crippen molar-refractivity contribution in [3.05, 3.63) is 18.2 Å². The molecule has 0 fully saturated rings. The van der Waals surface area contributed by atoms with Gasteiger partial charge in [-0.05, 0) is 31.4 Å². The summed E-state index contributed by atoms with van der Waals surface area (Å²) in [4.78, 5) is 0. The van der Waals surface area contributed by atoms with Crippen LogP contribution in [0.25, 0.3) is 0 Å². The molecule has 7 nitrogen and oxygen atoms in total. The van der Waals surface area contributed by atoms with Crippen LogP contribution in [0.1, 0.15) is 19.3 Å². The molecule has 0 bridgehead atoms. The molecule has 2 N–H and O–H groups in total. The molecule has 0 amide bonds. The Bertz CT molecular complexity index is 510. The van der Waals surface area contributed by atoms with Gasteiger partial charge in [-0.1, -0.05) is 0 Å². The number of nitrogen functional groups attached to an aromatic ring is 1. The lowest BCUT2D eigenvalue weighted by molar-refractivity contribution is 0.189. The van der Waals surface area contributed by atoms with Crippen molar-refractivity contribution in [2.75, 3.05) is 39.4 Å². The first-order chi connectivity index (χ1) is 10.3. The summed E-state index contributed by atoms with van der Waals surface area (Å²) in [6.45, 7) is 1.50. The van der Waals surface area contributed by atoms with Crippen LogP contribution < -0.4 is 15.2 Å². The molecule has 0 heterocycles. The van der Waals surface area contributed by atoms with E-state index in [2.05, 4.69) is 0 Å². The van der Waals surface area contributed by atoms with Crippen LogP contribution in [0.4, 0.5) is 5.69 Å². The van der Waals surface area contributed by atoms with Gasteiger partial charge in [0, 0.05) is 31.7 Å². The molecule has 0 radical (unpaired) electrons. The molecule has 0 aliphatic carbocycles. The lowest BCUT2D eigenvalue weighted by atomic mass is 10.2. The number of methoxy groups -OCH3 is 2. The van der Waals surface area contributed by atoms with E-state index in [1.807, 2.05) is 12.1 Å². The minimum atomic E-state index is -3.92. The predicted octanol–water partition coefficient (Wildman–Crippen LogP) is 1.63. The van der Waals surface area contributed by atoms with Gasteiger partial charge < -0.3 is 24.5 Å². The molecule has 0 aliphatic heterocycles. The summed E-state index contributed by atoms with van der Waals surface area (Å²) in [5, 5.41) is 0. The molecular weight excluding hydrogens is 310 g/mol. The maximum absolute atomic E-state index is 9.08. The summed E-state index contributed by atoms with van der Waals surface area (Å²) in [5.41, 5.74) is 6.34. The molecule has 0 aliphatic rings. The van der Waals surface area contributed by atoms with E-state index in [0.717, 1.165) is 31.6 Å². The van der Waals surface area contributed by atoms with Crippen molar-refractivity contribution < 1.29 is 27.2 Å². The zero-order chi connectivity index (χ0) is 17.0. The fourth-order valence-electron chi connectivity index (χ4n) is 1.51. The van der Waals surface area contributed by atoms with Crippen LogP contribution in [-0.4, -0.2) is 46.7 Å². The Kier molecular flexibility index (Phi) is 10.3. The quantitative estimate of drug-likeness (QED) is 0.437. The molecular formula is C14H24NO6S-. The second-order valence-electron chi connectivity index (χ2n) is 4.52. The molecule has 1 aromatic rings. The van der Waals surface area contributed by atoms with Crippen molar-refractivity contribution in [2.24, 2.45) is 0 Å². The molecule has 22 heavy (non-hydrogen) atoms. The second kappa shape index (κ2) is 11.1. The highest BCUT2D eigenvalue weighted by molar-refractivity contribution is 7.84. The normalized spacial score (nSPS) is 10.5. The van der Waals surface area contributed by atoms with E-state index in [1.165, 1.54) is 0 Å². The zero-order valence-electron chi connectivity index (χ0n) is 13.2. The molecule has 8 heteroatoms. The van der Waals surface area contributed by atoms with Gasteiger partial charge in [0.05, 0.1) is 23.8 Å². The average molecular weight is 334 g/mol. The number of hydrogen-bond donors (Lipinski definition) is 1. The van der Waals surface area contributed by atoms with Crippen molar-refractivity contribution in [1.82, 2.24) is 0 Å². The number of nitrogens with two attached hydrogens (primary N) is 1. The average Bonchev–Trinajstić information content (AvgIpc) is 2.42. The van der Waals surface area contributed by atoms with Crippen LogP contribution in [0.3, 0.4) is 0 Å². The summed E-state index contributed by atoms with van der Waals surface area (Å²) in [6, 6.07) is 5.41. The second-order valence-corrected chi connectivity index (χ2v) is 5.92. The summed E-state index contributed by atoms with van der Waals surface area (Å²) < 4.78 is 43.0. The van der Waals surface area contributed by atoms with E-state index in [1.54, 1.807) is 20.3 Å². The monoisotopic (exact) mass is 334 g/mol. The first kappa shape index (κ1) is 20.5. The number of ether oxygens (including phenoxy) is 3. The van der Waals surface area contributed by atoms with E-state index in [9.17, 15) is 0 Å². The van der Waals surface area contributed by atoms with Crippen molar-refractivity contribution in [2.45, 2.75) is 19.3 Å². The third-order valence-electron chi connectivity index (χ3n) is 2.44. The van der Waals surface area contributed by atoms with Gasteiger partial charge in [0.2, 0.25) is 0 Å². The van der Waals surface area contributed by atoms with E-state index < -0.39 is 10.1 Å². The Morgan fingerprint density at radius 1 is 1.09 bits per heavy atom. The maximum atomic E-state index is 9.08. The number of unbranched alkanes of at least 4 members (excludes halogenated alkanes) is 2. The maximum Gasteiger partial charge on any atom is 0.162 e. The van der Waals surface area contributed by atoms with Crippen molar-refractivity contribution in [3.8, 4) is 11.5 Å². The van der Waals surface area contributed by atoms with Crippen LogP contribution >= 0.6 is 0 Å². The standard InChI is InChI=1S/C13H21NO3.CH4O3S/c1-15-8-4-3-5-9-17-12-7-6-11(14)10-13(12)16-2;1-5(2,3)4/h6-7,10H,3-5,8-9,14H2,1-2H3;1H3,(H,2,3,4)/p-1. The summed E-state index contributed by atoms with van der Waals surface area (Å²) >= 11 is 0. The van der Waals surface area contributed by atoms with Crippen LogP contribution in [0, 0.1) is 0 Å². The van der Waals surface area contributed by atoms with Crippen molar-refractivity contribution in [3.63, 3.8) is 0 Å². The van der Waals surface area contributed by atoms with Gasteiger partial charge in [-0.3, -0.25) is 0 Å². The van der Waals surface area contributed by atoms with Gasteiger partial charge >= 0.3 is 0 Å². The molecule has 0 aromatic heterocycles. The van der Waals surface area contributed by atoms with Crippen molar-refractivity contribution >= 4 is 15.8 Å². The first-order valence-electron chi connectivity index (χ1n) is 6.74. The zero-order valence-corrected chi connectivity index (χ0v) is 14.0. The van der Waals surface area contributed by atoms with E-state index >= 15 is 0 Å². The smallest absolute Gasteiger partial charge is 0.162 e. The van der Waals surface area contributed by atoms with E-state index in [4.69, 9.17) is 32.9 Å². The number of benzene rings is 1. The lowest BCUT2D eigenvalue weighted by Gasteiger charge is -2.11. The Morgan fingerprint density at radius 3 is 2.23 bits per heavy atom. The predicted molar refractivity (Wildman–Crippen MR) is 84.2 cm³/mol. The van der Waals surface area contributed by atoms with E-state index in [-0.39, 0.29) is 0 Å². The topological polar surface area (TPSA) is 111 Å². The first-order valence-corrected chi connectivity index (χ1v) is 8.55. The third kappa shape index (κ3) is 12.2. The van der Waals surface area contributed by atoms with Crippen molar-refractivity contribution in [1.29, 1.82) is 0 Å². The Hall–Kier alpha value is -1.51. The van der Waals surface area contributed by atoms with Gasteiger partial charge in [-0.25, -0.2) is 8.42 Å². The molecule has 0 saturated heterocycles. The SMILES string of the molecule is COCCCCCOc1ccc(N)cc1OC.CS(=O)(=O)[O-]. The van der Waals surface area contributed by atoms with Crippen LogP contribution in [-0.2, 0) is 14.9 Å². The molecule has 1 aromatic carbocycles. The highest BCUT2D eigenvalue weighted by Crippen LogP contribution is 2.29. The molecule has 0 unspecified atom stereocenters. The molecule has 0 atom stereocenters. The Morgan fingerprint density at radius 2 is 1.68 bits per heavy atom. The van der Waals surface area contributed by atoms with Crippen LogP contribution in [0.5, 0.6) is 11.5 Å². The third-order valence-corrected chi connectivity index (χ3v) is 2.44. The summed E-state index contributed by atoms with van der Waals surface area (Å²) in [6.07, 6.45) is 3.79. The summed E-state index contributed by atoms with van der Waals surface area (Å²) in [7, 11) is -0.587. The van der Waals surface area contributed by atoms with Crippen LogP contribution in [0.15, 0.2) is 18.2 Å². The highest BCUT2D eigenvalue weighted by atomic mass is 32.2. The fourth-order valence-corrected chi connectivity index (χ4v) is 1.51. The summed E-state index contributed by atoms with van der Waals surface area (Å²) in [5.74, 6) is 1.43. The highest BCUT2D eigenvalue weighted by Gasteiger charge is 2.03. The number of rotatable bonds is 8. The molecule has 0 spiro atoms. The minimum Gasteiger partial charge on any atom is -0.748 e. The lowest BCUT2D eigenvalue weighted by Crippen LogP contribution is -2.00. The van der Waals surface area contributed by atoms with Gasteiger partial charge in [-0.2, -0.15) is 0 Å². The van der Waals surface area contributed by atoms with Crippen LogP contribution in [0.2, 0.25) is 0 Å². The molecule has 128 valence electrons. The van der Waals surface area contributed by atoms with Gasteiger partial charge in [0.25, 0.3) is 0 Å². The fraction of sp³-hybridized carbons (Fsp3) is 0.571. The largest absolute Gasteiger partial charge is 0.748 e. The van der Waals surface area contributed by atoms with Gasteiger partial charge in [-0.15, -0.1) is 0 Å². The number of hydrogen-bond acceptors (Lipinski definition) is 7. The Balaban J connectivity index is 0.000000763. The van der Waals surface area contributed by atoms with E-state index in [0.29, 0.717) is 24.3 Å². The molecule has 1 rings (SSSR count). The van der Waals surface area contributed by atoms with Gasteiger partial charge in [0.1, 0.15) is 0 Å². The van der Waals surface area contributed by atoms with Gasteiger partial charge in [0.15, 0.2) is 11.5 Å². The number of anilines is 1. The Labute approximate surface area is 132 Å². The molecule has 0 saturated carbocycles.